The van der Waals surface area contributed by atoms with E-state index in [1.807, 2.05) is 17.6 Å². The van der Waals surface area contributed by atoms with Gasteiger partial charge < -0.3 is 4.57 Å². The van der Waals surface area contributed by atoms with E-state index in [4.69, 9.17) is 0 Å². The van der Waals surface area contributed by atoms with Crippen molar-refractivity contribution >= 4 is 21.6 Å². The molecule has 0 saturated carbocycles. The van der Waals surface area contributed by atoms with Gasteiger partial charge in [0.1, 0.15) is 0 Å². The largest absolute Gasteiger partial charge is 0.346 e. The molecule has 0 spiro atoms. The third-order valence-electron chi connectivity index (χ3n) is 2.97. The molecule has 0 radical (unpaired) electrons. The standard InChI is InChI=1S/C14H19NOS/c1-10(2)8-11(3)9-15-6-4-13(16)14-12(15)5-7-17-14/h4-7,10-11H,8-9H2,1-3H3/t11-/m1/s1. The number of pyridine rings is 1. The second-order valence-corrected chi connectivity index (χ2v) is 6.12. The molecule has 0 aliphatic carbocycles. The van der Waals surface area contributed by atoms with Crippen molar-refractivity contribution in [3.8, 4) is 0 Å². The van der Waals surface area contributed by atoms with Crippen LogP contribution in [0.3, 0.4) is 0 Å². The summed E-state index contributed by atoms with van der Waals surface area (Å²) >= 11 is 1.54. The van der Waals surface area contributed by atoms with Gasteiger partial charge in [-0.1, -0.05) is 20.8 Å². The van der Waals surface area contributed by atoms with Crippen LogP contribution in [0.5, 0.6) is 0 Å². The van der Waals surface area contributed by atoms with Gasteiger partial charge in [0.05, 0.1) is 10.2 Å². The fourth-order valence-electron chi connectivity index (χ4n) is 2.40. The van der Waals surface area contributed by atoms with Crippen LogP contribution in [0, 0.1) is 11.8 Å². The van der Waals surface area contributed by atoms with Gasteiger partial charge in [-0.15, -0.1) is 11.3 Å². The van der Waals surface area contributed by atoms with Gasteiger partial charge in [-0.3, -0.25) is 4.79 Å². The molecule has 0 aliphatic rings. The highest BCUT2D eigenvalue weighted by atomic mass is 32.1. The molecular formula is C14H19NOS. The van der Waals surface area contributed by atoms with E-state index in [1.165, 1.54) is 17.8 Å². The van der Waals surface area contributed by atoms with E-state index in [9.17, 15) is 4.79 Å². The molecule has 3 heteroatoms. The number of aromatic nitrogens is 1. The fourth-order valence-corrected chi connectivity index (χ4v) is 3.22. The van der Waals surface area contributed by atoms with Gasteiger partial charge in [-0.25, -0.2) is 0 Å². The van der Waals surface area contributed by atoms with Crippen LogP contribution in [0.15, 0.2) is 28.5 Å². The number of nitrogens with zero attached hydrogens (tertiary/aromatic N) is 1. The minimum atomic E-state index is 0.141. The van der Waals surface area contributed by atoms with E-state index in [0.29, 0.717) is 5.92 Å². The van der Waals surface area contributed by atoms with Gasteiger partial charge in [0, 0.05) is 18.8 Å². The maximum atomic E-state index is 11.7. The SMILES string of the molecule is CC(C)C[C@@H](C)Cn1ccc(=O)c2sccc21. The minimum absolute atomic E-state index is 0.141. The zero-order chi connectivity index (χ0) is 12.4. The van der Waals surface area contributed by atoms with Crippen molar-refractivity contribution in [1.29, 1.82) is 0 Å². The smallest absolute Gasteiger partial charge is 0.199 e. The Morgan fingerprint density at radius 3 is 2.76 bits per heavy atom. The van der Waals surface area contributed by atoms with Crippen LogP contribution in [-0.2, 0) is 6.54 Å². The Morgan fingerprint density at radius 2 is 2.06 bits per heavy atom. The van der Waals surface area contributed by atoms with Crippen LogP contribution in [0.1, 0.15) is 27.2 Å². The first kappa shape index (κ1) is 12.4. The molecule has 0 aliphatic heterocycles. The molecule has 0 amide bonds. The molecule has 1 atom stereocenters. The molecule has 2 nitrogen and oxygen atoms in total. The molecule has 0 fully saturated rings. The molecule has 0 unspecified atom stereocenters. The molecule has 2 heterocycles. The first-order valence-corrected chi connectivity index (χ1v) is 7.02. The fraction of sp³-hybridized carbons (Fsp3) is 0.500. The van der Waals surface area contributed by atoms with E-state index in [-0.39, 0.29) is 5.43 Å². The van der Waals surface area contributed by atoms with Crippen LogP contribution in [0.4, 0.5) is 0 Å². The zero-order valence-electron chi connectivity index (χ0n) is 10.6. The Hall–Kier alpha value is -1.09. The molecule has 0 aromatic carbocycles. The van der Waals surface area contributed by atoms with Crippen molar-refractivity contribution < 1.29 is 0 Å². The van der Waals surface area contributed by atoms with Gasteiger partial charge in [0.15, 0.2) is 5.43 Å². The highest BCUT2D eigenvalue weighted by Crippen LogP contribution is 2.19. The molecule has 2 aromatic rings. The first-order chi connectivity index (χ1) is 8.08. The van der Waals surface area contributed by atoms with Crippen molar-refractivity contribution in [2.75, 3.05) is 0 Å². The zero-order valence-corrected chi connectivity index (χ0v) is 11.5. The van der Waals surface area contributed by atoms with Gasteiger partial charge in [-0.05, 0) is 29.7 Å². The van der Waals surface area contributed by atoms with E-state index in [2.05, 4.69) is 25.3 Å². The van der Waals surface area contributed by atoms with Crippen LogP contribution in [-0.4, -0.2) is 4.57 Å². The van der Waals surface area contributed by atoms with Gasteiger partial charge >= 0.3 is 0 Å². The summed E-state index contributed by atoms with van der Waals surface area (Å²) in [4.78, 5) is 11.7. The lowest BCUT2D eigenvalue weighted by Crippen LogP contribution is -2.12. The first-order valence-electron chi connectivity index (χ1n) is 6.14. The summed E-state index contributed by atoms with van der Waals surface area (Å²) in [6.07, 6.45) is 3.14. The monoisotopic (exact) mass is 249 g/mol. The molecule has 0 bridgehead atoms. The van der Waals surface area contributed by atoms with Crippen LogP contribution in [0.2, 0.25) is 0 Å². The number of rotatable bonds is 4. The number of hydrogen-bond acceptors (Lipinski definition) is 2. The molecular weight excluding hydrogens is 230 g/mol. The highest BCUT2D eigenvalue weighted by molar-refractivity contribution is 7.17. The predicted octanol–water partition coefficient (Wildman–Crippen LogP) is 3.75. The van der Waals surface area contributed by atoms with Crippen LogP contribution in [0.25, 0.3) is 10.2 Å². The minimum Gasteiger partial charge on any atom is -0.346 e. The molecule has 2 aromatic heterocycles. The lowest BCUT2D eigenvalue weighted by molar-refractivity contribution is 0.393. The van der Waals surface area contributed by atoms with E-state index in [1.54, 1.807) is 6.07 Å². The van der Waals surface area contributed by atoms with E-state index < -0.39 is 0 Å². The Balaban J connectivity index is 2.27. The third-order valence-corrected chi connectivity index (χ3v) is 3.88. The summed E-state index contributed by atoms with van der Waals surface area (Å²) in [6, 6.07) is 3.73. The summed E-state index contributed by atoms with van der Waals surface area (Å²) in [5.41, 5.74) is 1.22. The van der Waals surface area contributed by atoms with E-state index >= 15 is 0 Å². The Morgan fingerprint density at radius 1 is 1.29 bits per heavy atom. The maximum Gasteiger partial charge on any atom is 0.199 e. The average molecular weight is 249 g/mol. The number of thiophene rings is 1. The summed E-state index contributed by atoms with van der Waals surface area (Å²) in [6.45, 7) is 7.77. The van der Waals surface area contributed by atoms with Crippen molar-refractivity contribution in [2.45, 2.75) is 33.7 Å². The van der Waals surface area contributed by atoms with Crippen molar-refractivity contribution in [3.05, 3.63) is 33.9 Å². The average Bonchev–Trinajstić information content (AvgIpc) is 2.70. The molecule has 2 rings (SSSR count). The Kier molecular flexibility index (Phi) is 3.67. The van der Waals surface area contributed by atoms with Crippen molar-refractivity contribution in [3.63, 3.8) is 0 Å². The summed E-state index contributed by atoms with van der Waals surface area (Å²) in [5.74, 6) is 1.36. The second kappa shape index (κ2) is 5.05. The second-order valence-electron chi connectivity index (χ2n) is 5.20. The molecule has 92 valence electrons. The predicted molar refractivity (Wildman–Crippen MR) is 74.7 cm³/mol. The van der Waals surface area contributed by atoms with Crippen LogP contribution < -0.4 is 5.43 Å². The summed E-state index contributed by atoms with van der Waals surface area (Å²) in [7, 11) is 0. The van der Waals surface area contributed by atoms with Crippen molar-refractivity contribution in [1.82, 2.24) is 4.57 Å². The molecule has 0 N–H and O–H groups in total. The third kappa shape index (κ3) is 2.78. The number of fused-ring (bicyclic) bond motifs is 1. The Bertz CT molecular complexity index is 553. The number of hydrogen-bond donors (Lipinski definition) is 0. The summed E-state index contributed by atoms with van der Waals surface area (Å²) < 4.78 is 3.09. The van der Waals surface area contributed by atoms with E-state index in [0.717, 1.165) is 22.7 Å². The lowest BCUT2D eigenvalue weighted by Gasteiger charge is -2.16. The van der Waals surface area contributed by atoms with Crippen molar-refractivity contribution in [2.24, 2.45) is 11.8 Å². The van der Waals surface area contributed by atoms with Gasteiger partial charge in [0.2, 0.25) is 0 Å². The maximum absolute atomic E-state index is 11.7. The lowest BCUT2D eigenvalue weighted by atomic mass is 9.99. The summed E-state index contributed by atoms with van der Waals surface area (Å²) in [5, 5.41) is 2.00. The molecule has 17 heavy (non-hydrogen) atoms. The molecule has 0 saturated heterocycles. The highest BCUT2D eigenvalue weighted by Gasteiger charge is 2.09. The van der Waals surface area contributed by atoms with Gasteiger partial charge in [0.25, 0.3) is 0 Å². The quantitative estimate of drug-likeness (QED) is 0.809. The Labute approximate surface area is 106 Å². The normalized spacial score (nSPS) is 13.4. The van der Waals surface area contributed by atoms with Gasteiger partial charge in [-0.2, -0.15) is 0 Å². The van der Waals surface area contributed by atoms with Crippen LogP contribution >= 0.6 is 11.3 Å². The topological polar surface area (TPSA) is 22.0 Å².